The number of hydrogen-bond acceptors (Lipinski definition) is 1. The van der Waals surface area contributed by atoms with Crippen LogP contribution in [0.4, 0.5) is 18.9 Å². The molecular weight excluding hydrogens is 179 g/mol. The molecule has 0 bridgehead atoms. The first kappa shape index (κ1) is 9.89. The number of alkyl halides is 3. The van der Waals surface area contributed by atoms with Crippen LogP contribution in [-0.2, 0) is 20.0 Å². The molecule has 0 radical (unpaired) electrons. The Kier molecular flexibility index (Phi) is 3.17. The third-order valence-corrected chi connectivity index (χ3v) is 1.87. The molecular formula is C9H10F3N. The van der Waals surface area contributed by atoms with Gasteiger partial charge in [-0.2, -0.15) is 0 Å². The molecule has 13 heavy (non-hydrogen) atoms. The Hall–Kier alpha value is -1.19. The molecule has 1 aromatic rings. The van der Waals surface area contributed by atoms with Gasteiger partial charge < -0.3 is 5.73 Å². The number of rotatable bonds is 3. The highest BCUT2D eigenvalue weighted by molar-refractivity contribution is 5.53. The number of nitrogens with two attached hydrogens (primary N) is 1. The van der Waals surface area contributed by atoms with E-state index in [9.17, 15) is 13.2 Å². The van der Waals surface area contributed by atoms with E-state index in [-0.39, 0.29) is 22.4 Å². The fourth-order valence-corrected chi connectivity index (χ4v) is 1.18. The smallest absolute Gasteiger partial charge is 0.117 e. The first-order chi connectivity index (χ1) is 6.22. The van der Waals surface area contributed by atoms with Crippen molar-refractivity contribution in [2.24, 2.45) is 0 Å². The molecule has 0 spiro atoms. The van der Waals surface area contributed by atoms with Crippen molar-refractivity contribution in [2.75, 3.05) is 5.73 Å². The number of hydrogen-bond donors (Lipinski definition) is 1. The Labute approximate surface area is 74.4 Å². The van der Waals surface area contributed by atoms with Gasteiger partial charge >= 0.3 is 0 Å². The van der Waals surface area contributed by atoms with E-state index in [0.717, 1.165) is 0 Å². The quantitative estimate of drug-likeness (QED) is 0.727. The van der Waals surface area contributed by atoms with Gasteiger partial charge in [-0.3, -0.25) is 0 Å². The minimum atomic E-state index is -0.822. The lowest BCUT2D eigenvalue weighted by molar-refractivity contribution is 0.452. The Balaban J connectivity index is 3.20. The molecule has 0 saturated heterocycles. The number of benzene rings is 1. The lowest BCUT2D eigenvalue weighted by atomic mass is 10.0. The largest absolute Gasteiger partial charge is 0.398 e. The van der Waals surface area contributed by atoms with Crippen molar-refractivity contribution in [2.45, 2.75) is 20.0 Å². The fraction of sp³-hybridized carbons (Fsp3) is 0.333. The van der Waals surface area contributed by atoms with Gasteiger partial charge in [0.05, 0.1) is 0 Å². The normalized spacial score (nSPS) is 10.4. The second-order valence-electron chi connectivity index (χ2n) is 2.72. The van der Waals surface area contributed by atoms with Gasteiger partial charge in [0, 0.05) is 11.3 Å². The Morgan fingerprint density at radius 1 is 1.00 bits per heavy atom. The molecule has 0 atom stereocenters. The van der Waals surface area contributed by atoms with Crippen LogP contribution < -0.4 is 5.73 Å². The Morgan fingerprint density at radius 3 is 2.15 bits per heavy atom. The van der Waals surface area contributed by atoms with Crippen molar-refractivity contribution in [3.05, 3.63) is 28.8 Å². The van der Waals surface area contributed by atoms with Crippen molar-refractivity contribution in [1.29, 1.82) is 0 Å². The molecule has 0 aliphatic carbocycles. The van der Waals surface area contributed by atoms with Crippen LogP contribution in [0.2, 0.25) is 0 Å². The van der Waals surface area contributed by atoms with Gasteiger partial charge in [0.15, 0.2) is 0 Å². The van der Waals surface area contributed by atoms with Crippen LogP contribution in [0, 0.1) is 0 Å². The number of halogens is 3. The lowest BCUT2D eigenvalue weighted by Crippen LogP contribution is -1.99. The second kappa shape index (κ2) is 4.16. The van der Waals surface area contributed by atoms with Crippen LogP contribution in [0.25, 0.3) is 0 Å². The zero-order chi connectivity index (χ0) is 9.84. The molecule has 0 amide bonds. The van der Waals surface area contributed by atoms with E-state index in [4.69, 9.17) is 5.73 Å². The maximum atomic E-state index is 12.3. The molecule has 1 aromatic carbocycles. The first-order valence-electron chi connectivity index (χ1n) is 3.81. The van der Waals surface area contributed by atoms with E-state index >= 15 is 0 Å². The third kappa shape index (κ3) is 1.94. The van der Waals surface area contributed by atoms with Crippen LogP contribution in [0.5, 0.6) is 0 Å². The predicted octanol–water partition coefficient (Wildman–Crippen LogP) is 2.68. The van der Waals surface area contributed by atoms with E-state index in [1.165, 1.54) is 12.1 Å². The summed E-state index contributed by atoms with van der Waals surface area (Å²) in [5.41, 5.74) is 6.07. The highest BCUT2D eigenvalue weighted by atomic mass is 19.1. The molecule has 0 unspecified atom stereocenters. The summed E-state index contributed by atoms with van der Waals surface area (Å²) < 4.78 is 36.8. The molecule has 2 N–H and O–H groups in total. The van der Waals surface area contributed by atoms with E-state index in [1.54, 1.807) is 0 Å². The average molecular weight is 189 g/mol. The first-order valence-corrected chi connectivity index (χ1v) is 3.81. The highest BCUT2D eigenvalue weighted by Crippen LogP contribution is 2.22. The summed E-state index contributed by atoms with van der Waals surface area (Å²) in [6.07, 6.45) is 0. The molecule has 0 aliphatic heterocycles. The fourth-order valence-electron chi connectivity index (χ4n) is 1.18. The molecule has 0 aromatic heterocycles. The van der Waals surface area contributed by atoms with Gasteiger partial charge in [0.25, 0.3) is 0 Å². The van der Waals surface area contributed by atoms with Crippen molar-refractivity contribution in [3.63, 3.8) is 0 Å². The highest BCUT2D eigenvalue weighted by Gasteiger charge is 2.08. The summed E-state index contributed by atoms with van der Waals surface area (Å²) >= 11 is 0. The van der Waals surface area contributed by atoms with E-state index in [0.29, 0.717) is 0 Å². The average Bonchev–Trinajstić information content (AvgIpc) is 2.16. The van der Waals surface area contributed by atoms with E-state index in [1.807, 2.05) is 0 Å². The van der Waals surface area contributed by atoms with Gasteiger partial charge in [-0.25, -0.2) is 13.2 Å². The lowest BCUT2D eigenvalue weighted by Gasteiger charge is -2.08. The van der Waals surface area contributed by atoms with Crippen molar-refractivity contribution < 1.29 is 13.2 Å². The molecule has 72 valence electrons. The molecule has 4 heteroatoms. The molecule has 0 heterocycles. The van der Waals surface area contributed by atoms with E-state index in [2.05, 4.69) is 0 Å². The maximum Gasteiger partial charge on any atom is 0.117 e. The summed E-state index contributed by atoms with van der Waals surface area (Å²) in [7, 11) is 0. The standard InChI is InChI=1S/C9H10F3N/c10-3-6-1-7(4-11)8(5-12)9(13)2-6/h1-2H,3-5,13H2. The number of nitrogen functional groups attached to an aromatic ring is 1. The second-order valence-corrected chi connectivity index (χ2v) is 2.72. The molecule has 0 saturated carbocycles. The zero-order valence-corrected chi connectivity index (χ0v) is 6.99. The van der Waals surface area contributed by atoms with Crippen molar-refractivity contribution in [3.8, 4) is 0 Å². The van der Waals surface area contributed by atoms with Gasteiger partial charge in [-0.15, -0.1) is 0 Å². The summed E-state index contributed by atoms with van der Waals surface area (Å²) in [5.74, 6) is 0. The minimum absolute atomic E-state index is 0.116. The van der Waals surface area contributed by atoms with Gasteiger partial charge in [-0.1, -0.05) is 6.07 Å². The van der Waals surface area contributed by atoms with Crippen LogP contribution in [0.15, 0.2) is 12.1 Å². The van der Waals surface area contributed by atoms with Gasteiger partial charge in [-0.05, 0) is 17.2 Å². The Bertz CT molecular complexity index is 299. The monoisotopic (exact) mass is 189 g/mol. The Morgan fingerprint density at radius 2 is 1.69 bits per heavy atom. The summed E-state index contributed by atoms with van der Waals surface area (Å²) in [5, 5.41) is 0. The molecule has 1 nitrogen and oxygen atoms in total. The van der Waals surface area contributed by atoms with Crippen molar-refractivity contribution >= 4 is 5.69 Å². The predicted molar refractivity (Wildman–Crippen MR) is 45.3 cm³/mol. The summed E-state index contributed by atoms with van der Waals surface area (Å²) in [4.78, 5) is 0. The summed E-state index contributed by atoms with van der Waals surface area (Å²) in [6.45, 7) is -2.36. The van der Waals surface area contributed by atoms with Crippen LogP contribution in [0.3, 0.4) is 0 Å². The van der Waals surface area contributed by atoms with Crippen LogP contribution in [-0.4, -0.2) is 0 Å². The van der Waals surface area contributed by atoms with Gasteiger partial charge in [0.1, 0.15) is 20.0 Å². The third-order valence-electron chi connectivity index (χ3n) is 1.87. The molecule has 0 fully saturated rings. The molecule has 0 aliphatic rings. The van der Waals surface area contributed by atoms with Crippen LogP contribution >= 0.6 is 0 Å². The number of anilines is 1. The topological polar surface area (TPSA) is 26.0 Å². The van der Waals surface area contributed by atoms with Gasteiger partial charge in [0.2, 0.25) is 0 Å². The minimum Gasteiger partial charge on any atom is -0.398 e. The summed E-state index contributed by atoms with van der Waals surface area (Å²) in [6, 6.07) is 2.62. The van der Waals surface area contributed by atoms with E-state index < -0.39 is 20.0 Å². The maximum absolute atomic E-state index is 12.3. The van der Waals surface area contributed by atoms with Crippen LogP contribution in [0.1, 0.15) is 16.7 Å². The van der Waals surface area contributed by atoms with Crippen molar-refractivity contribution in [1.82, 2.24) is 0 Å². The zero-order valence-electron chi connectivity index (χ0n) is 6.99. The SMILES string of the molecule is Nc1cc(CF)cc(CF)c1CF. The molecule has 1 rings (SSSR count).